The Hall–Kier alpha value is -2.35. The highest BCUT2D eigenvalue weighted by atomic mass is 19.4. The fraction of sp³-hybridized carbons (Fsp3) is 0.444. The average Bonchev–Trinajstić information content (AvgIpc) is 2.59. The minimum absolute atomic E-state index is 0.331. The number of rotatable bonds is 6. The lowest BCUT2D eigenvalue weighted by Gasteiger charge is -2.27. The van der Waals surface area contributed by atoms with Gasteiger partial charge in [-0.1, -0.05) is 12.1 Å². The second-order valence-corrected chi connectivity index (χ2v) is 6.06. The number of hydrogen-bond acceptors (Lipinski definition) is 4. The van der Waals surface area contributed by atoms with Gasteiger partial charge in [-0.2, -0.15) is 13.2 Å². The summed E-state index contributed by atoms with van der Waals surface area (Å²) in [5.41, 5.74) is 0.648. The lowest BCUT2D eigenvalue weighted by atomic mass is 9.87. The van der Waals surface area contributed by atoms with Crippen molar-refractivity contribution in [1.82, 2.24) is 0 Å². The molecular weight excluding hydrogens is 353 g/mol. The van der Waals surface area contributed by atoms with Crippen LogP contribution in [0.25, 0.3) is 6.08 Å². The molecule has 1 aromatic carbocycles. The molecule has 142 valence electrons. The number of halogens is 3. The molecule has 0 aromatic heterocycles. The van der Waals surface area contributed by atoms with Crippen LogP contribution >= 0.6 is 0 Å². The summed E-state index contributed by atoms with van der Waals surface area (Å²) in [5.74, 6) is -1.52. The molecule has 0 amide bonds. The van der Waals surface area contributed by atoms with E-state index in [0.29, 0.717) is 37.0 Å². The predicted octanol–water partition coefficient (Wildman–Crippen LogP) is 3.83. The molecule has 0 atom stereocenters. The Morgan fingerprint density at radius 2 is 1.73 bits per heavy atom. The summed E-state index contributed by atoms with van der Waals surface area (Å²) in [6.07, 6.45) is -0.815. The molecule has 0 radical (unpaired) electrons. The van der Waals surface area contributed by atoms with Crippen molar-refractivity contribution >= 4 is 18.0 Å². The van der Waals surface area contributed by atoms with Gasteiger partial charge in [0.15, 0.2) is 0 Å². The molecule has 0 bridgehead atoms. The summed E-state index contributed by atoms with van der Waals surface area (Å²) in [7, 11) is 0. The van der Waals surface area contributed by atoms with Crippen LogP contribution in [-0.2, 0) is 14.3 Å². The molecule has 0 heterocycles. The predicted molar refractivity (Wildman–Crippen MR) is 86.5 cm³/mol. The van der Waals surface area contributed by atoms with Gasteiger partial charge in [-0.15, -0.1) is 0 Å². The van der Waals surface area contributed by atoms with Crippen LogP contribution in [0, 0.1) is 5.92 Å². The average molecular weight is 372 g/mol. The second-order valence-electron chi connectivity index (χ2n) is 6.06. The molecule has 0 saturated heterocycles. The molecule has 1 saturated carbocycles. The fourth-order valence-electron chi connectivity index (χ4n) is 2.69. The maximum atomic E-state index is 12.2. The van der Waals surface area contributed by atoms with Crippen molar-refractivity contribution in [3.05, 3.63) is 35.9 Å². The summed E-state index contributed by atoms with van der Waals surface area (Å²) >= 11 is 0. The zero-order chi connectivity index (χ0) is 19.2. The van der Waals surface area contributed by atoms with Crippen LogP contribution < -0.4 is 4.74 Å². The van der Waals surface area contributed by atoms with Crippen LogP contribution in [-0.4, -0.2) is 35.9 Å². The van der Waals surface area contributed by atoms with E-state index in [2.05, 4.69) is 0 Å². The Morgan fingerprint density at radius 1 is 1.12 bits per heavy atom. The molecular formula is C18H19F3O5. The Balaban J connectivity index is 1.79. The van der Waals surface area contributed by atoms with Crippen LogP contribution in [0.2, 0.25) is 0 Å². The number of carbonyl (C=O) groups is 2. The van der Waals surface area contributed by atoms with Crippen LogP contribution in [0.3, 0.4) is 0 Å². The summed E-state index contributed by atoms with van der Waals surface area (Å²) < 4.78 is 46.5. The van der Waals surface area contributed by atoms with Gasteiger partial charge < -0.3 is 14.6 Å². The monoisotopic (exact) mass is 372 g/mol. The lowest BCUT2D eigenvalue weighted by Crippen LogP contribution is -2.31. The number of esters is 1. The standard InChI is InChI=1S/C18H19F3O5/c19-18(20,21)11-25-14-8-4-13(5-9-14)17(24)26-15-6-1-12(2-7-15)3-10-16(22)23/h1-3,6-7,10,13-14H,4-5,8-9,11H2,(H,22,23)/b10-3+. The van der Waals surface area contributed by atoms with E-state index >= 15 is 0 Å². The quantitative estimate of drug-likeness (QED) is 0.467. The highest BCUT2D eigenvalue weighted by Crippen LogP contribution is 2.29. The first kappa shape index (κ1) is 20.0. The number of carboxylic acid groups (broad SMARTS) is 1. The number of carbonyl (C=O) groups excluding carboxylic acids is 1. The van der Waals surface area contributed by atoms with Crippen LogP contribution in [0.15, 0.2) is 30.3 Å². The van der Waals surface area contributed by atoms with Gasteiger partial charge in [0.05, 0.1) is 12.0 Å². The van der Waals surface area contributed by atoms with E-state index < -0.39 is 30.8 Å². The molecule has 2 rings (SSSR count). The van der Waals surface area contributed by atoms with Crippen molar-refractivity contribution in [2.45, 2.75) is 38.0 Å². The third-order valence-corrected chi connectivity index (χ3v) is 4.01. The van der Waals surface area contributed by atoms with Gasteiger partial charge in [-0.05, 0) is 49.5 Å². The largest absolute Gasteiger partial charge is 0.478 e. The molecule has 1 aromatic rings. The first-order valence-corrected chi connectivity index (χ1v) is 8.14. The zero-order valence-electron chi connectivity index (χ0n) is 13.9. The van der Waals surface area contributed by atoms with E-state index in [-0.39, 0.29) is 5.92 Å². The van der Waals surface area contributed by atoms with Crippen molar-refractivity contribution in [2.75, 3.05) is 6.61 Å². The third-order valence-electron chi connectivity index (χ3n) is 4.01. The van der Waals surface area contributed by atoms with E-state index in [9.17, 15) is 22.8 Å². The number of aliphatic carboxylic acids is 1. The molecule has 8 heteroatoms. The summed E-state index contributed by atoms with van der Waals surface area (Å²) in [5, 5.41) is 8.56. The maximum Gasteiger partial charge on any atom is 0.411 e. The first-order chi connectivity index (χ1) is 12.2. The van der Waals surface area contributed by atoms with Crippen molar-refractivity contribution in [1.29, 1.82) is 0 Å². The Labute approximate surface area is 148 Å². The summed E-state index contributed by atoms with van der Waals surface area (Å²) in [6, 6.07) is 6.34. The smallest absolute Gasteiger partial charge is 0.411 e. The lowest BCUT2D eigenvalue weighted by molar-refractivity contribution is -0.189. The first-order valence-electron chi connectivity index (χ1n) is 8.14. The molecule has 0 aliphatic heterocycles. The van der Waals surface area contributed by atoms with Gasteiger partial charge in [0.2, 0.25) is 0 Å². The van der Waals surface area contributed by atoms with Gasteiger partial charge >= 0.3 is 18.1 Å². The van der Waals surface area contributed by atoms with E-state index in [4.69, 9.17) is 14.6 Å². The minimum atomic E-state index is -4.35. The molecule has 1 N–H and O–H groups in total. The SMILES string of the molecule is O=C(O)/C=C/c1ccc(OC(=O)C2CCC(OCC(F)(F)F)CC2)cc1. The Kier molecular flexibility index (Phi) is 6.79. The number of alkyl halides is 3. The van der Waals surface area contributed by atoms with Crippen LogP contribution in [0.4, 0.5) is 13.2 Å². The Morgan fingerprint density at radius 3 is 2.27 bits per heavy atom. The number of carboxylic acids is 1. The van der Waals surface area contributed by atoms with Crippen molar-refractivity contribution in [2.24, 2.45) is 5.92 Å². The van der Waals surface area contributed by atoms with Crippen LogP contribution in [0.1, 0.15) is 31.2 Å². The molecule has 5 nitrogen and oxygen atoms in total. The highest BCUT2D eigenvalue weighted by Gasteiger charge is 2.32. The van der Waals surface area contributed by atoms with E-state index in [1.165, 1.54) is 6.08 Å². The van der Waals surface area contributed by atoms with Crippen molar-refractivity contribution in [3.63, 3.8) is 0 Å². The van der Waals surface area contributed by atoms with E-state index in [1.807, 2.05) is 0 Å². The second kappa shape index (κ2) is 8.84. The van der Waals surface area contributed by atoms with Gasteiger partial charge in [0.25, 0.3) is 0 Å². The summed E-state index contributed by atoms with van der Waals surface area (Å²) in [6.45, 7) is -1.27. The number of benzene rings is 1. The molecule has 26 heavy (non-hydrogen) atoms. The summed E-state index contributed by atoms with van der Waals surface area (Å²) in [4.78, 5) is 22.6. The van der Waals surface area contributed by atoms with Gasteiger partial charge in [0, 0.05) is 6.08 Å². The molecule has 0 spiro atoms. The highest BCUT2D eigenvalue weighted by molar-refractivity contribution is 5.85. The Bertz CT molecular complexity index is 644. The fourth-order valence-corrected chi connectivity index (χ4v) is 2.69. The molecule has 1 aliphatic rings. The topological polar surface area (TPSA) is 72.8 Å². The van der Waals surface area contributed by atoms with E-state index in [1.54, 1.807) is 24.3 Å². The minimum Gasteiger partial charge on any atom is -0.478 e. The third kappa shape index (κ3) is 6.87. The normalized spacial score (nSPS) is 20.9. The maximum absolute atomic E-state index is 12.2. The van der Waals surface area contributed by atoms with Crippen molar-refractivity contribution in [3.8, 4) is 5.75 Å². The number of ether oxygens (including phenoxy) is 2. The number of hydrogen-bond donors (Lipinski definition) is 1. The molecule has 1 aliphatic carbocycles. The molecule has 1 fully saturated rings. The molecule has 0 unspecified atom stereocenters. The van der Waals surface area contributed by atoms with Crippen molar-refractivity contribution < 1.29 is 37.3 Å². The van der Waals surface area contributed by atoms with Gasteiger partial charge in [-0.25, -0.2) is 4.79 Å². The van der Waals surface area contributed by atoms with E-state index in [0.717, 1.165) is 6.08 Å². The van der Waals surface area contributed by atoms with Gasteiger partial charge in [-0.3, -0.25) is 4.79 Å². The van der Waals surface area contributed by atoms with Crippen LogP contribution in [0.5, 0.6) is 5.75 Å². The van der Waals surface area contributed by atoms with Gasteiger partial charge in [0.1, 0.15) is 12.4 Å². The zero-order valence-corrected chi connectivity index (χ0v) is 13.9.